The Morgan fingerprint density at radius 2 is 1.55 bits per heavy atom. The zero-order valence-corrected chi connectivity index (χ0v) is 19.2. The van der Waals surface area contributed by atoms with Gasteiger partial charge in [0.2, 0.25) is 0 Å². The zero-order chi connectivity index (χ0) is 22.3. The lowest BCUT2D eigenvalue weighted by atomic mass is 10.1. The van der Waals surface area contributed by atoms with Crippen molar-refractivity contribution in [3.05, 3.63) is 42.0 Å². The summed E-state index contributed by atoms with van der Waals surface area (Å²) in [6, 6.07) is 4.70. The van der Waals surface area contributed by atoms with Crippen LogP contribution in [0.1, 0.15) is 90.0 Å². The third-order valence-corrected chi connectivity index (χ3v) is 5.52. The first-order valence-electron chi connectivity index (χ1n) is 12.0. The van der Waals surface area contributed by atoms with Crippen LogP contribution in [0.5, 0.6) is 5.75 Å². The van der Waals surface area contributed by atoms with Crippen molar-refractivity contribution in [3.63, 3.8) is 0 Å². The van der Waals surface area contributed by atoms with E-state index in [9.17, 15) is 8.78 Å². The monoisotopic (exact) mass is 432 g/mol. The summed E-state index contributed by atoms with van der Waals surface area (Å²) in [7, 11) is 0. The molecule has 0 bridgehead atoms. The summed E-state index contributed by atoms with van der Waals surface area (Å²) in [6.45, 7) is 4.54. The van der Waals surface area contributed by atoms with E-state index in [-0.39, 0.29) is 18.8 Å². The molecule has 0 aliphatic carbocycles. The number of halogens is 2. The fraction of sp³-hybridized carbons (Fsp3) is 0.615. The van der Waals surface area contributed by atoms with Gasteiger partial charge in [-0.25, -0.2) is 18.7 Å². The van der Waals surface area contributed by atoms with Crippen LogP contribution in [0.25, 0.3) is 11.4 Å². The molecule has 3 nitrogen and oxygen atoms in total. The molecule has 5 heteroatoms. The van der Waals surface area contributed by atoms with E-state index in [0.717, 1.165) is 31.2 Å². The molecular weight excluding hydrogens is 394 g/mol. The van der Waals surface area contributed by atoms with Crippen molar-refractivity contribution in [2.75, 3.05) is 6.61 Å². The number of hydrogen-bond acceptors (Lipinski definition) is 3. The minimum Gasteiger partial charge on any atom is -0.490 e. The quantitative estimate of drug-likeness (QED) is 0.253. The molecule has 0 radical (unpaired) electrons. The fourth-order valence-corrected chi connectivity index (χ4v) is 3.56. The SMILES string of the molecule is CCCCCCCC(F)CCOc1ccc(-c2ncc(CCCCCC)cn2)cc1F. The van der Waals surface area contributed by atoms with Gasteiger partial charge in [-0.1, -0.05) is 65.2 Å². The highest BCUT2D eigenvalue weighted by molar-refractivity contribution is 5.56. The molecule has 2 rings (SSSR count). The van der Waals surface area contributed by atoms with E-state index in [2.05, 4.69) is 23.8 Å². The third-order valence-electron chi connectivity index (χ3n) is 5.52. The third kappa shape index (κ3) is 9.75. The molecule has 0 aliphatic heterocycles. The summed E-state index contributed by atoms with van der Waals surface area (Å²) in [4.78, 5) is 8.77. The number of aromatic nitrogens is 2. The number of benzene rings is 1. The predicted octanol–water partition coefficient (Wildman–Crippen LogP) is 7.87. The second-order valence-electron chi connectivity index (χ2n) is 8.31. The predicted molar refractivity (Wildman–Crippen MR) is 124 cm³/mol. The van der Waals surface area contributed by atoms with E-state index >= 15 is 0 Å². The zero-order valence-electron chi connectivity index (χ0n) is 19.2. The Hall–Kier alpha value is -2.04. The normalized spacial score (nSPS) is 12.1. The molecule has 0 aliphatic rings. The van der Waals surface area contributed by atoms with E-state index in [1.54, 1.807) is 12.1 Å². The molecule has 172 valence electrons. The number of aryl methyl sites for hydroxylation is 1. The Balaban J connectivity index is 1.77. The van der Waals surface area contributed by atoms with Crippen LogP contribution >= 0.6 is 0 Å². The Bertz CT molecular complexity index is 737. The van der Waals surface area contributed by atoms with Gasteiger partial charge in [0.15, 0.2) is 17.4 Å². The standard InChI is InChI=1S/C26H38F2N2O/c1-3-5-7-9-11-13-23(27)16-17-31-25-15-14-22(18-24(25)28)26-29-19-21(20-30-26)12-10-8-6-4-2/h14-15,18-20,23H,3-13,16-17H2,1-2H3. The molecule has 0 fully saturated rings. The Morgan fingerprint density at radius 3 is 2.23 bits per heavy atom. The maximum absolute atomic E-state index is 14.4. The number of unbranched alkanes of at least 4 members (excludes halogenated alkanes) is 7. The van der Waals surface area contributed by atoms with Gasteiger partial charge < -0.3 is 4.74 Å². The lowest BCUT2D eigenvalue weighted by Gasteiger charge is -2.11. The van der Waals surface area contributed by atoms with Crippen LogP contribution in [0, 0.1) is 5.82 Å². The van der Waals surface area contributed by atoms with Gasteiger partial charge in [0, 0.05) is 24.4 Å². The van der Waals surface area contributed by atoms with Gasteiger partial charge in [0.05, 0.1) is 6.61 Å². The van der Waals surface area contributed by atoms with Crippen LogP contribution in [0.15, 0.2) is 30.6 Å². The first-order valence-corrected chi connectivity index (χ1v) is 12.0. The maximum Gasteiger partial charge on any atom is 0.165 e. The average molecular weight is 433 g/mol. The average Bonchev–Trinajstić information content (AvgIpc) is 2.78. The van der Waals surface area contributed by atoms with Crippen molar-refractivity contribution in [1.29, 1.82) is 0 Å². The first kappa shape index (κ1) is 25.2. The molecule has 1 atom stereocenters. The van der Waals surface area contributed by atoms with Gasteiger partial charge in [0.1, 0.15) is 6.17 Å². The van der Waals surface area contributed by atoms with Crippen molar-refractivity contribution < 1.29 is 13.5 Å². The smallest absolute Gasteiger partial charge is 0.165 e. The molecule has 1 aromatic heterocycles. The lowest BCUT2D eigenvalue weighted by Crippen LogP contribution is -2.08. The van der Waals surface area contributed by atoms with Gasteiger partial charge in [0.25, 0.3) is 0 Å². The largest absolute Gasteiger partial charge is 0.490 e. The minimum absolute atomic E-state index is 0.145. The van der Waals surface area contributed by atoms with Crippen LogP contribution in [-0.4, -0.2) is 22.7 Å². The molecule has 0 saturated carbocycles. The number of hydrogen-bond donors (Lipinski definition) is 0. The molecule has 1 aromatic carbocycles. The summed E-state index contributed by atoms with van der Waals surface area (Å²) in [6.07, 6.45) is 14.9. The summed E-state index contributed by atoms with van der Waals surface area (Å²) < 4.78 is 33.9. The fourth-order valence-electron chi connectivity index (χ4n) is 3.56. The second kappa shape index (κ2) is 14.9. The van der Waals surface area contributed by atoms with Crippen molar-refractivity contribution in [3.8, 4) is 17.1 Å². The van der Waals surface area contributed by atoms with E-state index in [1.807, 2.05) is 12.4 Å². The summed E-state index contributed by atoms with van der Waals surface area (Å²) in [5.41, 5.74) is 1.71. The second-order valence-corrected chi connectivity index (χ2v) is 8.31. The van der Waals surface area contributed by atoms with Crippen LogP contribution < -0.4 is 4.74 Å². The van der Waals surface area contributed by atoms with Crippen LogP contribution in [0.4, 0.5) is 8.78 Å². The Labute approximate surface area is 186 Å². The topological polar surface area (TPSA) is 35.0 Å². The number of nitrogens with zero attached hydrogens (tertiary/aromatic N) is 2. The van der Waals surface area contributed by atoms with Gasteiger partial charge >= 0.3 is 0 Å². The molecule has 1 unspecified atom stereocenters. The number of alkyl halides is 1. The minimum atomic E-state index is -0.891. The highest BCUT2D eigenvalue weighted by Gasteiger charge is 2.11. The Morgan fingerprint density at radius 1 is 0.871 bits per heavy atom. The lowest BCUT2D eigenvalue weighted by molar-refractivity contribution is 0.217. The van der Waals surface area contributed by atoms with Crippen molar-refractivity contribution >= 4 is 0 Å². The van der Waals surface area contributed by atoms with Gasteiger partial charge in [-0.15, -0.1) is 0 Å². The van der Waals surface area contributed by atoms with Crippen molar-refractivity contribution in [2.24, 2.45) is 0 Å². The maximum atomic E-state index is 14.4. The van der Waals surface area contributed by atoms with E-state index in [4.69, 9.17) is 4.74 Å². The van der Waals surface area contributed by atoms with Crippen LogP contribution in [-0.2, 0) is 6.42 Å². The van der Waals surface area contributed by atoms with E-state index < -0.39 is 12.0 Å². The van der Waals surface area contributed by atoms with Gasteiger partial charge in [-0.3, -0.25) is 0 Å². The van der Waals surface area contributed by atoms with Crippen LogP contribution in [0.2, 0.25) is 0 Å². The van der Waals surface area contributed by atoms with E-state index in [1.165, 1.54) is 44.6 Å². The molecule has 1 heterocycles. The van der Waals surface area contributed by atoms with E-state index in [0.29, 0.717) is 17.8 Å². The highest BCUT2D eigenvalue weighted by atomic mass is 19.1. The molecular formula is C26H38F2N2O. The molecule has 0 amide bonds. The number of rotatable bonds is 16. The molecule has 31 heavy (non-hydrogen) atoms. The molecule has 0 saturated heterocycles. The van der Waals surface area contributed by atoms with Gasteiger partial charge in [-0.05, 0) is 43.0 Å². The summed E-state index contributed by atoms with van der Waals surface area (Å²) in [5.74, 6) is 0.167. The van der Waals surface area contributed by atoms with Crippen molar-refractivity contribution in [1.82, 2.24) is 9.97 Å². The molecule has 0 N–H and O–H groups in total. The Kier molecular flexibility index (Phi) is 12.1. The first-order chi connectivity index (χ1) is 15.1. The summed E-state index contributed by atoms with van der Waals surface area (Å²) in [5, 5.41) is 0. The summed E-state index contributed by atoms with van der Waals surface area (Å²) >= 11 is 0. The number of ether oxygens (including phenoxy) is 1. The van der Waals surface area contributed by atoms with Gasteiger partial charge in [-0.2, -0.15) is 0 Å². The van der Waals surface area contributed by atoms with Crippen LogP contribution in [0.3, 0.4) is 0 Å². The molecule has 0 spiro atoms. The van der Waals surface area contributed by atoms with Crippen molar-refractivity contribution in [2.45, 2.75) is 97.1 Å². The molecule has 2 aromatic rings. The highest BCUT2D eigenvalue weighted by Crippen LogP contribution is 2.24.